The molecule has 114 valence electrons. The van der Waals surface area contributed by atoms with E-state index in [4.69, 9.17) is 14.2 Å². The molecule has 0 aromatic carbocycles. The van der Waals surface area contributed by atoms with Gasteiger partial charge in [0, 0.05) is 19.4 Å². The third kappa shape index (κ3) is 4.95. The van der Waals surface area contributed by atoms with Crippen molar-refractivity contribution in [3.05, 3.63) is 35.7 Å². The summed E-state index contributed by atoms with van der Waals surface area (Å²) in [5, 5.41) is 0. The fourth-order valence-electron chi connectivity index (χ4n) is 2.11. The Morgan fingerprint density at radius 2 is 2.29 bits per heavy atom. The Hall–Kier alpha value is -1.72. The smallest absolute Gasteiger partial charge is 0.331 e. The standard InChI is InChI=1S/C16H21NO4/c1-3-21-16(18)9-15(12-4-5-12)13-6-7-17-14(8-13)10-20-11-19-2/h6-9,12H,3-5,10-11H2,1-2H3/b15-9-. The lowest BCUT2D eigenvalue weighted by atomic mass is 10.0. The second-order valence-electron chi connectivity index (χ2n) is 4.92. The van der Waals surface area contributed by atoms with E-state index < -0.39 is 0 Å². The molecule has 0 amide bonds. The van der Waals surface area contributed by atoms with Crippen LogP contribution in [0.3, 0.4) is 0 Å². The van der Waals surface area contributed by atoms with Crippen LogP contribution >= 0.6 is 0 Å². The number of allylic oxidation sites excluding steroid dienone is 1. The fourth-order valence-corrected chi connectivity index (χ4v) is 2.11. The van der Waals surface area contributed by atoms with Gasteiger partial charge < -0.3 is 14.2 Å². The molecule has 1 heterocycles. The molecule has 0 saturated heterocycles. The lowest BCUT2D eigenvalue weighted by Crippen LogP contribution is -2.03. The third-order valence-electron chi connectivity index (χ3n) is 3.18. The Morgan fingerprint density at radius 1 is 1.48 bits per heavy atom. The molecule has 0 aliphatic heterocycles. The van der Waals surface area contributed by atoms with Crippen LogP contribution in [0.2, 0.25) is 0 Å². The van der Waals surface area contributed by atoms with Gasteiger partial charge in [-0.25, -0.2) is 4.79 Å². The number of nitrogens with zero attached hydrogens (tertiary/aromatic N) is 1. The first-order chi connectivity index (χ1) is 10.2. The normalized spacial score (nSPS) is 15.0. The van der Waals surface area contributed by atoms with Crippen LogP contribution in [0.1, 0.15) is 31.0 Å². The summed E-state index contributed by atoms with van der Waals surface area (Å²) in [5.41, 5.74) is 2.86. The van der Waals surface area contributed by atoms with Gasteiger partial charge in [-0.3, -0.25) is 4.98 Å². The molecule has 1 aromatic heterocycles. The van der Waals surface area contributed by atoms with Gasteiger partial charge in [-0.1, -0.05) is 0 Å². The SMILES string of the molecule is CCOC(=O)/C=C(\c1ccnc(COCOC)c1)C1CC1. The second kappa shape index (κ2) is 7.90. The van der Waals surface area contributed by atoms with Crippen molar-refractivity contribution in [1.82, 2.24) is 4.98 Å². The fraction of sp³-hybridized carbons (Fsp3) is 0.500. The maximum Gasteiger partial charge on any atom is 0.331 e. The molecule has 0 unspecified atom stereocenters. The van der Waals surface area contributed by atoms with E-state index in [9.17, 15) is 4.79 Å². The van der Waals surface area contributed by atoms with Crippen LogP contribution in [0, 0.1) is 5.92 Å². The van der Waals surface area contributed by atoms with E-state index in [0.717, 1.165) is 29.7 Å². The van der Waals surface area contributed by atoms with E-state index in [-0.39, 0.29) is 12.8 Å². The molecule has 1 aromatic rings. The predicted molar refractivity (Wildman–Crippen MR) is 78.2 cm³/mol. The summed E-state index contributed by atoms with van der Waals surface area (Å²) < 4.78 is 15.2. The molecule has 21 heavy (non-hydrogen) atoms. The Kier molecular flexibility index (Phi) is 5.90. The number of hydrogen-bond donors (Lipinski definition) is 0. The van der Waals surface area contributed by atoms with Crippen LogP contribution < -0.4 is 0 Å². The zero-order valence-corrected chi connectivity index (χ0v) is 12.5. The third-order valence-corrected chi connectivity index (χ3v) is 3.18. The van der Waals surface area contributed by atoms with Gasteiger partial charge >= 0.3 is 5.97 Å². The highest BCUT2D eigenvalue weighted by Crippen LogP contribution is 2.41. The summed E-state index contributed by atoms with van der Waals surface area (Å²) in [6.45, 7) is 2.82. The number of carbonyl (C=O) groups is 1. The Bertz CT molecular complexity index is 509. The van der Waals surface area contributed by atoms with Crippen LogP contribution in [0.4, 0.5) is 0 Å². The summed E-state index contributed by atoms with van der Waals surface area (Å²) in [4.78, 5) is 16.0. The van der Waals surface area contributed by atoms with Gasteiger partial charge in [0.25, 0.3) is 0 Å². The Morgan fingerprint density at radius 3 is 2.95 bits per heavy atom. The van der Waals surface area contributed by atoms with Gasteiger partial charge in [-0.05, 0) is 49.0 Å². The number of ether oxygens (including phenoxy) is 3. The first-order valence-electron chi connectivity index (χ1n) is 7.15. The van der Waals surface area contributed by atoms with Crippen molar-refractivity contribution >= 4 is 11.5 Å². The molecular formula is C16H21NO4. The summed E-state index contributed by atoms with van der Waals surface area (Å²) in [5.74, 6) is 0.165. The highest BCUT2D eigenvalue weighted by atomic mass is 16.7. The van der Waals surface area contributed by atoms with Gasteiger partial charge in [-0.15, -0.1) is 0 Å². The van der Waals surface area contributed by atoms with Gasteiger partial charge in [0.15, 0.2) is 0 Å². The molecule has 1 aliphatic carbocycles. The summed E-state index contributed by atoms with van der Waals surface area (Å²) >= 11 is 0. The van der Waals surface area contributed by atoms with Crippen molar-refractivity contribution in [2.45, 2.75) is 26.4 Å². The average molecular weight is 291 g/mol. The first kappa shape index (κ1) is 15.7. The van der Waals surface area contributed by atoms with E-state index in [0.29, 0.717) is 19.1 Å². The lowest BCUT2D eigenvalue weighted by Gasteiger charge is -2.09. The predicted octanol–water partition coefficient (Wildman–Crippen LogP) is 2.56. The maximum atomic E-state index is 11.7. The second-order valence-corrected chi connectivity index (χ2v) is 4.92. The van der Waals surface area contributed by atoms with Crippen LogP contribution in [0.15, 0.2) is 24.4 Å². The van der Waals surface area contributed by atoms with E-state index in [1.54, 1.807) is 26.3 Å². The van der Waals surface area contributed by atoms with Crippen LogP contribution in [0.5, 0.6) is 0 Å². The van der Waals surface area contributed by atoms with Crippen LogP contribution in [0.25, 0.3) is 5.57 Å². The maximum absolute atomic E-state index is 11.7. The van der Waals surface area contributed by atoms with Crippen molar-refractivity contribution in [3.8, 4) is 0 Å². The van der Waals surface area contributed by atoms with Crippen molar-refractivity contribution in [1.29, 1.82) is 0 Å². The molecule has 5 nitrogen and oxygen atoms in total. The van der Waals surface area contributed by atoms with Gasteiger partial charge in [0.2, 0.25) is 0 Å². The van der Waals surface area contributed by atoms with Crippen molar-refractivity contribution < 1.29 is 19.0 Å². The minimum atomic E-state index is -0.284. The molecule has 0 bridgehead atoms. The molecule has 5 heteroatoms. The average Bonchev–Trinajstić information content (AvgIpc) is 3.30. The van der Waals surface area contributed by atoms with Gasteiger partial charge in [0.05, 0.1) is 18.9 Å². The largest absolute Gasteiger partial charge is 0.463 e. The van der Waals surface area contributed by atoms with Crippen molar-refractivity contribution in [2.75, 3.05) is 20.5 Å². The van der Waals surface area contributed by atoms with Gasteiger partial charge in [-0.2, -0.15) is 0 Å². The summed E-state index contributed by atoms with van der Waals surface area (Å²) in [7, 11) is 1.58. The molecule has 1 aliphatic rings. The molecule has 0 radical (unpaired) electrons. The summed E-state index contributed by atoms with van der Waals surface area (Å²) in [6.07, 6.45) is 5.57. The quantitative estimate of drug-likeness (QED) is 0.319. The highest BCUT2D eigenvalue weighted by molar-refractivity contribution is 5.92. The molecule has 0 N–H and O–H groups in total. The zero-order chi connectivity index (χ0) is 15.1. The lowest BCUT2D eigenvalue weighted by molar-refractivity contribution is -0.137. The van der Waals surface area contributed by atoms with Crippen molar-refractivity contribution in [3.63, 3.8) is 0 Å². The van der Waals surface area contributed by atoms with E-state index >= 15 is 0 Å². The number of rotatable bonds is 8. The van der Waals surface area contributed by atoms with Crippen LogP contribution in [-0.2, 0) is 25.6 Å². The first-order valence-corrected chi connectivity index (χ1v) is 7.15. The number of esters is 1. The van der Waals surface area contributed by atoms with Crippen LogP contribution in [-0.4, -0.2) is 31.5 Å². The topological polar surface area (TPSA) is 57.7 Å². The van der Waals surface area contributed by atoms with E-state index in [2.05, 4.69) is 4.98 Å². The molecular weight excluding hydrogens is 270 g/mol. The molecule has 1 saturated carbocycles. The number of hydrogen-bond acceptors (Lipinski definition) is 5. The number of carbonyl (C=O) groups excluding carboxylic acids is 1. The minimum Gasteiger partial charge on any atom is -0.463 e. The molecule has 0 atom stereocenters. The molecule has 0 spiro atoms. The summed E-state index contributed by atoms with van der Waals surface area (Å²) in [6, 6.07) is 3.88. The Labute approximate surface area is 124 Å². The monoisotopic (exact) mass is 291 g/mol. The number of pyridine rings is 1. The van der Waals surface area contributed by atoms with E-state index in [1.807, 2.05) is 12.1 Å². The number of methoxy groups -OCH3 is 1. The molecule has 2 rings (SSSR count). The zero-order valence-electron chi connectivity index (χ0n) is 12.5. The Balaban J connectivity index is 2.13. The minimum absolute atomic E-state index is 0.236. The number of aromatic nitrogens is 1. The van der Waals surface area contributed by atoms with Crippen molar-refractivity contribution in [2.24, 2.45) is 5.92 Å². The highest BCUT2D eigenvalue weighted by Gasteiger charge is 2.28. The molecule has 1 fully saturated rings. The van der Waals surface area contributed by atoms with E-state index in [1.165, 1.54) is 0 Å². The van der Waals surface area contributed by atoms with Gasteiger partial charge in [0.1, 0.15) is 6.79 Å².